The van der Waals surface area contributed by atoms with Crippen LogP contribution in [-0.4, -0.2) is 37.5 Å². The first-order chi connectivity index (χ1) is 10.9. The van der Waals surface area contributed by atoms with Crippen LogP contribution in [0.5, 0.6) is 0 Å². The van der Waals surface area contributed by atoms with Gasteiger partial charge in [-0.25, -0.2) is 4.39 Å². The third-order valence-electron chi connectivity index (χ3n) is 4.23. The molecule has 2 atom stereocenters. The van der Waals surface area contributed by atoms with Crippen molar-refractivity contribution in [2.24, 2.45) is 22.6 Å². The van der Waals surface area contributed by atoms with E-state index < -0.39 is 0 Å². The first kappa shape index (κ1) is 21.4. The lowest BCUT2D eigenvalue weighted by Crippen LogP contribution is -2.37. The molecule has 0 spiro atoms. The minimum Gasteiger partial charge on any atom is -0.370 e. The van der Waals surface area contributed by atoms with Gasteiger partial charge in [-0.15, -0.1) is 24.0 Å². The second-order valence-corrected chi connectivity index (χ2v) is 7.06. The molecule has 0 radical (unpaired) electrons. The van der Waals surface area contributed by atoms with E-state index >= 15 is 0 Å². The van der Waals surface area contributed by atoms with Gasteiger partial charge in [0.25, 0.3) is 0 Å². The monoisotopic (exact) mass is 468 g/mol. The minimum absolute atomic E-state index is 0. The van der Waals surface area contributed by atoms with Crippen molar-refractivity contribution in [1.29, 1.82) is 0 Å². The van der Waals surface area contributed by atoms with E-state index in [1.165, 1.54) is 6.07 Å². The lowest BCUT2D eigenvalue weighted by atomic mass is 9.93. The van der Waals surface area contributed by atoms with E-state index in [1.807, 2.05) is 6.07 Å². The van der Waals surface area contributed by atoms with E-state index in [0.29, 0.717) is 17.8 Å². The number of benzene rings is 1. The summed E-state index contributed by atoms with van der Waals surface area (Å²) in [6.45, 7) is 6.63. The van der Waals surface area contributed by atoms with Crippen LogP contribution in [0.2, 0.25) is 5.02 Å². The van der Waals surface area contributed by atoms with Crippen LogP contribution >= 0.6 is 35.6 Å². The van der Waals surface area contributed by atoms with Gasteiger partial charge in [0.1, 0.15) is 5.82 Å². The van der Waals surface area contributed by atoms with Gasteiger partial charge in [0, 0.05) is 19.1 Å². The number of nitrogens with zero attached hydrogens (tertiary/aromatic N) is 2. The normalized spacial score (nSPS) is 21.8. The Morgan fingerprint density at radius 3 is 2.83 bits per heavy atom. The lowest BCUT2D eigenvalue weighted by Gasteiger charge is -2.26. The van der Waals surface area contributed by atoms with Gasteiger partial charge in [0.2, 0.25) is 0 Å². The highest BCUT2D eigenvalue weighted by atomic mass is 127. The number of rotatable bonds is 5. The van der Waals surface area contributed by atoms with Crippen molar-refractivity contribution >= 4 is 41.5 Å². The fourth-order valence-electron chi connectivity index (χ4n) is 3.04. The lowest BCUT2D eigenvalue weighted by molar-refractivity contribution is 0.276. The van der Waals surface area contributed by atoms with Gasteiger partial charge in [0.05, 0.1) is 5.02 Å². The van der Waals surface area contributed by atoms with Crippen molar-refractivity contribution in [2.75, 3.05) is 26.7 Å². The average Bonchev–Trinajstić information content (AvgIpc) is 2.87. The molecule has 0 bridgehead atoms. The Hall–Kier alpha value is -0.600. The zero-order valence-corrected chi connectivity index (χ0v) is 17.5. The topological polar surface area (TPSA) is 53.6 Å². The molecule has 0 aliphatic carbocycles. The predicted molar refractivity (Wildman–Crippen MR) is 110 cm³/mol. The molecule has 1 saturated heterocycles. The quantitative estimate of drug-likeness (QED) is 0.394. The highest BCUT2D eigenvalue weighted by Crippen LogP contribution is 2.36. The summed E-state index contributed by atoms with van der Waals surface area (Å²) in [5, 5.41) is 3.37. The van der Waals surface area contributed by atoms with Crippen LogP contribution in [0.4, 0.5) is 4.39 Å². The number of guanidine groups is 1. The number of nitrogens with one attached hydrogen (secondary N) is 1. The summed E-state index contributed by atoms with van der Waals surface area (Å²) in [5.41, 5.74) is 6.87. The second-order valence-electron chi connectivity index (χ2n) is 6.65. The van der Waals surface area contributed by atoms with Crippen molar-refractivity contribution in [3.05, 3.63) is 34.6 Å². The van der Waals surface area contributed by atoms with E-state index in [9.17, 15) is 4.39 Å². The molecule has 24 heavy (non-hydrogen) atoms. The standard InChI is InChI=1S/C17H26ClFN4.HI/c1-11(2)9-21-17(20)22-10-13-6-7-23(3)16(13)12-4-5-14(18)15(19)8-12;/h4-5,8,11,13,16H,6-7,9-10H2,1-3H3,(H3,20,21,22);1H. The molecule has 2 unspecified atom stereocenters. The molecule has 1 aliphatic heterocycles. The van der Waals surface area contributed by atoms with Gasteiger partial charge >= 0.3 is 0 Å². The molecular weight excluding hydrogens is 442 g/mol. The molecule has 1 aliphatic rings. The number of aliphatic imine (C=N–C) groups is 1. The number of halogens is 3. The minimum atomic E-state index is -0.366. The fraction of sp³-hybridized carbons (Fsp3) is 0.588. The fourth-order valence-corrected chi connectivity index (χ4v) is 3.15. The Labute approximate surface area is 166 Å². The SMILES string of the molecule is CC(C)CN=C(N)NCC1CCN(C)C1c1ccc(Cl)c(F)c1.I. The van der Waals surface area contributed by atoms with Gasteiger partial charge in [-0.3, -0.25) is 9.89 Å². The van der Waals surface area contributed by atoms with Crippen LogP contribution in [-0.2, 0) is 0 Å². The molecule has 2 rings (SSSR count). The van der Waals surface area contributed by atoms with Crippen LogP contribution in [0.25, 0.3) is 0 Å². The molecule has 1 aromatic carbocycles. The first-order valence-electron chi connectivity index (χ1n) is 8.07. The second kappa shape index (κ2) is 9.77. The Bertz CT molecular complexity index is 568. The van der Waals surface area contributed by atoms with E-state index in [2.05, 4.69) is 36.1 Å². The zero-order valence-electron chi connectivity index (χ0n) is 14.4. The van der Waals surface area contributed by atoms with Gasteiger partial charge in [-0.2, -0.15) is 0 Å². The Morgan fingerprint density at radius 1 is 1.50 bits per heavy atom. The van der Waals surface area contributed by atoms with Gasteiger partial charge in [-0.1, -0.05) is 31.5 Å². The summed E-state index contributed by atoms with van der Waals surface area (Å²) in [4.78, 5) is 6.57. The summed E-state index contributed by atoms with van der Waals surface area (Å²) in [6.07, 6.45) is 1.04. The molecule has 0 aromatic heterocycles. The molecule has 1 fully saturated rings. The molecule has 1 aromatic rings. The van der Waals surface area contributed by atoms with Gasteiger partial charge in [-0.05, 0) is 49.5 Å². The zero-order chi connectivity index (χ0) is 17.0. The maximum absolute atomic E-state index is 13.8. The smallest absolute Gasteiger partial charge is 0.188 e. The van der Waals surface area contributed by atoms with Crippen molar-refractivity contribution in [3.8, 4) is 0 Å². The molecule has 0 saturated carbocycles. The van der Waals surface area contributed by atoms with Crippen LogP contribution in [0.1, 0.15) is 31.9 Å². The van der Waals surface area contributed by atoms with Crippen molar-refractivity contribution in [1.82, 2.24) is 10.2 Å². The Balaban J connectivity index is 0.00000288. The molecule has 0 amide bonds. The summed E-state index contributed by atoms with van der Waals surface area (Å²) in [7, 11) is 2.06. The van der Waals surface area contributed by atoms with Gasteiger partial charge in [0.15, 0.2) is 5.96 Å². The molecule has 1 heterocycles. The third-order valence-corrected chi connectivity index (χ3v) is 4.54. The number of likely N-dealkylation sites (tertiary alicyclic amines) is 1. The Kier molecular flexibility index (Phi) is 8.73. The third kappa shape index (κ3) is 5.74. The maximum atomic E-state index is 13.8. The number of hydrogen-bond donors (Lipinski definition) is 2. The van der Waals surface area contributed by atoms with Crippen LogP contribution < -0.4 is 11.1 Å². The maximum Gasteiger partial charge on any atom is 0.188 e. The van der Waals surface area contributed by atoms with Crippen LogP contribution in [0.15, 0.2) is 23.2 Å². The van der Waals surface area contributed by atoms with Crippen LogP contribution in [0.3, 0.4) is 0 Å². The highest BCUT2D eigenvalue weighted by Gasteiger charge is 2.33. The molecular formula is C17H27ClFIN4. The molecule has 4 nitrogen and oxygen atoms in total. The predicted octanol–water partition coefficient (Wildman–Crippen LogP) is 3.65. The highest BCUT2D eigenvalue weighted by molar-refractivity contribution is 14.0. The summed E-state index contributed by atoms with van der Waals surface area (Å²) >= 11 is 5.79. The number of nitrogens with two attached hydrogens (primary N) is 1. The van der Waals surface area contributed by atoms with Crippen molar-refractivity contribution in [3.63, 3.8) is 0 Å². The summed E-state index contributed by atoms with van der Waals surface area (Å²) in [5.74, 6) is 0.953. The first-order valence-corrected chi connectivity index (χ1v) is 8.45. The molecule has 7 heteroatoms. The van der Waals surface area contributed by atoms with E-state index in [1.54, 1.807) is 6.07 Å². The Morgan fingerprint density at radius 2 is 2.21 bits per heavy atom. The largest absolute Gasteiger partial charge is 0.370 e. The summed E-state index contributed by atoms with van der Waals surface area (Å²) in [6, 6.07) is 5.23. The average molecular weight is 469 g/mol. The van der Waals surface area contributed by atoms with Crippen molar-refractivity contribution < 1.29 is 4.39 Å². The molecule has 136 valence electrons. The van der Waals surface area contributed by atoms with Crippen LogP contribution in [0, 0.1) is 17.7 Å². The summed E-state index contributed by atoms with van der Waals surface area (Å²) < 4.78 is 13.8. The van der Waals surface area contributed by atoms with Crippen molar-refractivity contribution in [2.45, 2.75) is 26.3 Å². The van der Waals surface area contributed by atoms with Gasteiger partial charge < -0.3 is 11.1 Å². The number of hydrogen-bond acceptors (Lipinski definition) is 2. The van der Waals surface area contributed by atoms with E-state index in [0.717, 1.165) is 31.6 Å². The van der Waals surface area contributed by atoms with E-state index in [-0.39, 0.29) is 40.9 Å². The molecule has 3 N–H and O–H groups in total. The van der Waals surface area contributed by atoms with E-state index in [4.69, 9.17) is 17.3 Å².